The third-order valence-electron chi connectivity index (χ3n) is 5.91. The molecule has 0 spiro atoms. The molecule has 154 valence electrons. The number of fused-ring (bicyclic) bond motifs is 2. The van der Waals surface area contributed by atoms with Crippen LogP contribution in [0.4, 0.5) is 5.69 Å². The van der Waals surface area contributed by atoms with Crippen molar-refractivity contribution in [3.63, 3.8) is 0 Å². The lowest BCUT2D eigenvalue weighted by atomic mass is 9.82. The van der Waals surface area contributed by atoms with Crippen LogP contribution in [0.15, 0.2) is 72.0 Å². The molecule has 2 aromatic carbocycles. The van der Waals surface area contributed by atoms with Gasteiger partial charge in [-0.3, -0.25) is 4.90 Å². The van der Waals surface area contributed by atoms with Gasteiger partial charge in [-0.25, -0.2) is 4.79 Å². The molecule has 0 saturated heterocycles. The van der Waals surface area contributed by atoms with Crippen LogP contribution in [-0.2, 0) is 0 Å². The Labute approximate surface area is 177 Å². The van der Waals surface area contributed by atoms with Crippen molar-refractivity contribution >= 4 is 17.2 Å². The van der Waals surface area contributed by atoms with Crippen molar-refractivity contribution in [2.75, 3.05) is 33.1 Å². The van der Waals surface area contributed by atoms with E-state index in [1.54, 1.807) is 12.1 Å². The molecule has 5 heteroatoms. The maximum Gasteiger partial charge on any atom is 0.336 e. The summed E-state index contributed by atoms with van der Waals surface area (Å²) in [6.07, 6.45) is 6.26. The summed E-state index contributed by atoms with van der Waals surface area (Å²) in [7, 11) is 8.02. The first-order valence-electron chi connectivity index (χ1n) is 9.88. The number of carboxylic acid groups (broad SMARTS) is 1. The van der Waals surface area contributed by atoms with Crippen molar-refractivity contribution in [3.8, 4) is 5.75 Å². The molecule has 1 aliphatic heterocycles. The first-order chi connectivity index (χ1) is 14.2. The smallest absolute Gasteiger partial charge is 0.336 e. The van der Waals surface area contributed by atoms with E-state index < -0.39 is 5.97 Å². The molecular weight excluding hydrogens is 376 g/mol. The zero-order valence-electron chi connectivity index (χ0n) is 17.9. The van der Waals surface area contributed by atoms with Crippen LogP contribution in [0.2, 0.25) is 0 Å². The van der Waals surface area contributed by atoms with Gasteiger partial charge in [-0.1, -0.05) is 30.4 Å². The van der Waals surface area contributed by atoms with Crippen LogP contribution >= 0.6 is 0 Å². The molecule has 4 rings (SSSR count). The lowest BCUT2D eigenvalue weighted by molar-refractivity contribution is 0.0696. The molecule has 1 aliphatic carbocycles. The molecule has 5 nitrogen and oxygen atoms in total. The van der Waals surface area contributed by atoms with Crippen molar-refractivity contribution in [2.24, 2.45) is 0 Å². The fraction of sp³-hybridized carbons (Fsp3) is 0.240. The minimum atomic E-state index is -0.944. The molecule has 1 N–H and O–H groups in total. The number of ether oxygens (including phenoxy) is 1. The molecular formula is C25H26N2O3. The predicted molar refractivity (Wildman–Crippen MR) is 120 cm³/mol. The lowest BCUT2D eigenvalue weighted by Crippen LogP contribution is -2.39. The summed E-state index contributed by atoms with van der Waals surface area (Å²) in [4.78, 5) is 16.1. The minimum absolute atomic E-state index is 0.276. The SMILES string of the molecule is CN(C)c1ccc2c(c1)OC1=CC(C)(N(C)C)C=CC1=C2c1ccccc1C(=O)O. The second-order valence-corrected chi connectivity index (χ2v) is 8.28. The molecule has 0 aromatic heterocycles. The first kappa shape index (κ1) is 20.0. The Morgan fingerprint density at radius 3 is 2.43 bits per heavy atom. The Bertz CT molecular complexity index is 1120. The minimum Gasteiger partial charge on any atom is -0.478 e. The second-order valence-electron chi connectivity index (χ2n) is 8.28. The Hall–Kier alpha value is -3.31. The van der Waals surface area contributed by atoms with E-state index in [2.05, 4.69) is 24.0 Å². The van der Waals surface area contributed by atoms with Gasteiger partial charge in [-0.2, -0.15) is 0 Å². The summed E-state index contributed by atoms with van der Waals surface area (Å²) >= 11 is 0. The van der Waals surface area contributed by atoms with Gasteiger partial charge in [0.15, 0.2) is 0 Å². The Morgan fingerprint density at radius 1 is 1.03 bits per heavy atom. The van der Waals surface area contributed by atoms with Gasteiger partial charge in [0.1, 0.15) is 11.5 Å². The number of allylic oxidation sites excluding steroid dienone is 1. The van der Waals surface area contributed by atoms with Crippen molar-refractivity contribution < 1.29 is 14.6 Å². The van der Waals surface area contributed by atoms with Crippen LogP contribution in [0.25, 0.3) is 5.57 Å². The quantitative estimate of drug-likeness (QED) is 0.821. The van der Waals surface area contributed by atoms with E-state index in [-0.39, 0.29) is 11.1 Å². The lowest BCUT2D eigenvalue weighted by Gasteiger charge is -2.36. The third-order valence-corrected chi connectivity index (χ3v) is 5.91. The van der Waals surface area contributed by atoms with Crippen molar-refractivity contribution in [1.82, 2.24) is 4.90 Å². The number of benzene rings is 2. The van der Waals surface area contributed by atoms with Crippen LogP contribution in [0, 0.1) is 0 Å². The number of rotatable bonds is 4. The molecule has 30 heavy (non-hydrogen) atoms. The number of anilines is 1. The highest BCUT2D eigenvalue weighted by Gasteiger charge is 2.33. The topological polar surface area (TPSA) is 53.0 Å². The molecule has 1 unspecified atom stereocenters. The van der Waals surface area contributed by atoms with Crippen molar-refractivity contribution in [1.29, 1.82) is 0 Å². The highest BCUT2D eigenvalue weighted by Crippen LogP contribution is 2.46. The third kappa shape index (κ3) is 3.21. The summed E-state index contributed by atoms with van der Waals surface area (Å²) in [6, 6.07) is 13.2. The molecule has 2 aromatic rings. The van der Waals surface area contributed by atoms with E-state index in [1.807, 2.05) is 69.5 Å². The van der Waals surface area contributed by atoms with E-state index in [4.69, 9.17) is 4.74 Å². The summed E-state index contributed by atoms with van der Waals surface area (Å²) < 4.78 is 6.38. The van der Waals surface area contributed by atoms with Crippen molar-refractivity contribution in [2.45, 2.75) is 12.5 Å². The van der Waals surface area contributed by atoms with Crippen LogP contribution in [0.3, 0.4) is 0 Å². The average Bonchev–Trinajstić information content (AvgIpc) is 2.71. The van der Waals surface area contributed by atoms with E-state index in [0.717, 1.165) is 33.9 Å². The highest BCUT2D eigenvalue weighted by molar-refractivity contribution is 6.00. The summed E-state index contributed by atoms with van der Waals surface area (Å²) in [6.45, 7) is 2.12. The zero-order valence-corrected chi connectivity index (χ0v) is 17.9. The van der Waals surface area contributed by atoms with Gasteiger partial charge in [0.05, 0.1) is 11.1 Å². The number of hydrogen-bond donors (Lipinski definition) is 1. The molecule has 0 amide bonds. The second kappa shape index (κ2) is 7.18. The van der Waals surface area contributed by atoms with Crippen LogP contribution in [0.1, 0.15) is 28.4 Å². The average molecular weight is 402 g/mol. The summed E-state index contributed by atoms with van der Waals surface area (Å²) in [5.41, 5.74) is 4.35. The molecule has 1 atom stereocenters. The van der Waals surface area contributed by atoms with Gasteiger partial charge in [0, 0.05) is 42.6 Å². The normalized spacial score (nSPS) is 19.7. The monoisotopic (exact) mass is 402 g/mol. The molecule has 0 fully saturated rings. The molecule has 2 aliphatic rings. The van der Waals surface area contributed by atoms with E-state index in [0.29, 0.717) is 5.56 Å². The van der Waals surface area contributed by atoms with Gasteiger partial charge in [0.25, 0.3) is 0 Å². The number of aromatic carboxylic acids is 1. The van der Waals surface area contributed by atoms with E-state index in [9.17, 15) is 9.90 Å². The van der Waals surface area contributed by atoms with Crippen LogP contribution < -0.4 is 9.64 Å². The van der Waals surface area contributed by atoms with Gasteiger partial charge >= 0.3 is 5.97 Å². The molecule has 0 bridgehead atoms. The fourth-order valence-corrected chi connectivity index (χ4v) is 3.82. The van der Waals surface area contributed by atoms with Gasteiger partial charge in [-0.05, 0) is 50.9 Å². The molecule has 0 saturated carbocycles. The standard InChI is InChI=1S/C25H26N2O3/c1-25(27(4)5)13-12-20-22(15-25)30-21-14-16(26(2)3)10-11-19(21)23(20)17-8-6-7-9-18(17)24(28)29/h6-15H,1-5H3,(H,28,29). The Morgan fingerprint density at radius 2 is 1.77 bits per heavy atom. The predicted octanol–water partition coefficient (Wildman–Crippen LogP) is 4.42. The molecule has 1 heterocycles. The number of nitrogens with zero attached hydrogens (tertiary/aromatic N) is 2. The fourth-order valence-electron chi connectivity index (χ4n) is 3.82. The summed E-state index contributed by atoms with van der Waals surface area (Å²) in [5.74, 6) is 0.523. The largest absolute Gasteiger partial charge is 0.478 e. The summed E-state index contributed by atoms with van der Waals surface area (Å²) in [5, 5.41) is 9.81. The number of carbonyl (C=O) groups is 1. The number of likely N-dealkylation sites (N-methyl/N-ethyl adjacent to an activating group) is 1. The highest BCUT2D eigenvalue weighted by atomic mass is 16.5. The van der Waals surface area contributed by atoms with Crippen LogP contribution in [-0.4, -0.2) is 49.7 Å². The molecule has 0 radical (unpaired) electrons. The van der Waals surface area contributed by atoms with E-state index >= 15 is 0 Å². The van der Waals surface area contributed by atoms with Gasteiger partial charge in [-0.15, -0.1) is 0 Å². The maximum absolute atomic E-state index is 12.0. The maximum atomic E-state index is 12.0. The van der Waals surface area contributed by atoms with Crippen LogP contribution in [0.5, 0.6) is 5.75 Å². The van der Waals surface area contributed by atoms with E-state index in [1.165, 1.54) is 0 Å². The Balaban J connectivity index is 2.02. The number of carboxylic acids is 1. The number of hydrogen-bond acceptors (Lipinski definition) is 4. The Kier molecular flexibility index (Phi) is 4.79. The van der Waals surface area contributed by atoms with Crippen molar-refractivity contribution in [3.05, 3.63) is 88.7 Å². The van der Waals surface area contributed by atoms with Gasteiger partial charge in [0.2, 0.25) is 0 Å². The first-order valence-corrected chi connectivity index (χ1v) is 9.88. The zero-order chi connectivity index (χ0) is 21.6. The van der Waals surface area contributed by atoms with Gasteiger partial charge < -0.3 is 14.7 Å².